The molecule has 0 spiro atoms. The third-order valence-corrected chi connectivity index (χ3v) is 8.80. The molecular weight excluding hydrogens is 484 g/mol. The average molecular weight is 515 g/mol. The topological polar surface area (TPSA) is 87.9 Å². The molecule has 0 unspecified atom stereocenters. The van der Waals surface area contributed by atoms with Gasteiger partial charge in [-0.15, -0.1) is 11.8 Å². The van der Waals surface area contributed by atoms with Gasteiger partial charge in [-0.3, -0.25) is 9.58 Å². The Balaban J connectivity index is 1.62. The normalized spacial score (nSPS) is 17.9. The highest BCUT2D eigenvalue weighted by molar-refractivity contribution is 7.99. The third-order valence-electron chi connectivity index (χ3n) is 6.07. The van der Waals surface area contributed by atoms with Gasteiger partial charge in [0.2, 0.25) is 10.0 Å². The molecular formula is C22H31ClN4O4S2. The number of aliphatic hydroxyl groups is 1. The number of aliphatic hydroxyl groups excluding tert-OH is 1. The van der Waals surface area contributed by atoms with Crippen LogP contribution in [0.15, 0.2) is 23.1 Å². The molecule has 1 fully saturated rings. The molecule has 0 bridgehead atoms. The summed E-state index contributed by atoms with van der Waals surface area (Å²) in [5.41, 5.74) is 3.82. The number of halogens is 1. The number of aryl methyl sites for hydroxylation is 1. The van der Waals surface area contributed by atoms with E-state index in [1.54, 1.807) is 0 Å². The van der Waals surface area contributed by atoms with Crippen LogP contribution in [0.5, 0.6) is 0 Å². The van der Waals surface area contributed by atoms with Crippen LogP contribution in [0, 0.1) is 0 Å². The Morgan fingerprint density at radius 3 is 2.73 bits per heavy atom. The van der Waals surface area contributed by atoms with E-state index in [0.717, 1.165) is 73.2 Å². The molecule has 1 N–H and O–H groups in total. The van der Waals surface area contributed by atoms with Gasteiger partial charge in [-0.05, 0) is 18.6 Å². The summed E-state index contributed by atoms with van der Waals surface area (Å²) >= 11 is 7.86. The van der Waals surface area contributed by atoms with Gasteiger partial charge in [0, 0.05) is 73.2 Å². The smallest absolute Gasteiger partial charge is 0.211 e. The number of nitrogens with zero attached hydrogens (tertiary/aromatic N) is 4. The summed E-state index contributed by atoms with van der Waals surface area (Å²) in [6, 6.07) is 5.77. The van der Waals surface area contributed by atoms with Crippen molar-refractivity contribution in [3.05, 3.63) is 34.5 Å². The maximum absolute atomic E-state index is 12.3. The number of sulfonamides is 1. The Bertz CT molecular complexity index is 1070. The van der Waals surface area contributed by atoms with Crippen molar-refractivity contribution in [1.82, 2.24) is 19.0 Å². The molecule has 0 radical (unpaired) electrons. The maximum Gasteiger partial charge on any atom is 0.211 e. The zero-order valence-electron chi connectivity index (χ0n) is 18.9. The van der Waals surface area contributed by atoms with Crippen LogP contribution >= 0.6 is 23.4 Å². The lowest BCUT2D eigenvalue weighted by Gasteiger charge is -2.27. The Kier molecular flexibility index (Phi) is 8.37. The minimum absolute atomic E-state index is 0.0711. The van der Waals surface area contributed by atoms with Crippen molar-refractivity contribution in [2.24, 2.45) is 0 Å². The molecule has 4 rings (SSSR count). The molecule has 33 heavy (non-hydrogen) atoms. The Labute approximate surface area is 204 Å². The van der Waals surface area contributed by atoms with Crippen LogP contribution in [-0.2, 0) is 34.3 Å². The predicted octanol–water partition coefficient (Wildman–Crippen LogP) is 2.33. The summed E-state index contributed by atoms with van der Waals surface area (Å²) in [4.78, 5) is 3.30. The van der Waals surface area contributed by atoms with Crippen LogP contribution in [0.3, 0.4) is 0 Å². The van der Waals surface area contributed by atoms with Crippen LogP contribution in [-0.4, -0.2) is 90.5 Å². The molecule has 0 amide bonds. The molecule has 1 aromatic heterocycles. The van der Waals surface area contributed by atoms with Gasteiger partial charge in [0.15, 0.2) is 0 Å². The highest BCUT2D eigenvalue weighted by Crippen LogP contribution is 2.35. The monoisotopic (exact) mass is 514 g/mol. The van der Waals surface area contributed by atoms with Crippen molar-refractivity contribution in [1.29, 1.82) is 0 Å². The van der Waals surface area contributed by atoms with E-state index in [-0.39, 0.29) is 6.61 Å². The van der Waals surface area contributed by atoms with Gasteiger partial charge in [0.1, 0.15) is 0 Å². The molecule has 0 atom stereocenters. The first-order valence-corrected chi connectivity index (χ1v) is 14.5. The van der Waals surface area contributed by atoms with Crippen molar-refractivity contribution in [3.63, 3.8) is 0 Å². The lowest BCUT2D eigenvalue weighted by atomic mass is 10.0. The van der Waals surface area contributed by atoms with E-state index in [1.807, 2.05) is 18.2 Å². The molecule has 2 aliphatic heterocycles. The zero-order chi connectivity index (χ0) is 23.4. The number of hydrogen-bond donors (Lipinski definition) is 1. The quantitative estimate of drug-likeness (QED) is 0.514. The van der Waals surface area contributed by atoms with Gasteiger partial charge in [-0.1, -0.05) is 17.7 Å². The molecule has 2 aromatic rings. The van der Waals surface area contributed by atoms with Gasteiger partial charge in [-0.2, -0.15) is 9.40 Å². The Morgan fingerprint density at radius 2 is 2.00 bits per heavy atom. The number of morpholine rings is 1. The van der Waals surface area contributed by atoms with Crippen molar-refractivity contribution in [2.75, 3.05) is 58.0 Å². The van der Waals surface area contributed by atoms with E-state index >= 15 is 0 Å². The van der Waals surface area contributed by atoms with E-state index in [0.29, 0.717) is 30.3 Å². The first-order valence-electron chi connectivity index (χ1n) is 11.2. The molecule has 1 aromatic carbocycles. The highest BCUT2D eigenvalue weighted by Gasteiger charge is 2.30. The van der Waals surface area contributed by atoms with Crippen molar-refractivity contribution in [3.8, 4) is 11.3 Å². The fraction of sp³-hybridized carbons (Fsp3) is 0.591. The predicted molar refractivity (Wildman–Crippen MR) is 131 cm³/mol. The van der Waals surface area contributed by atoms with E-state index in [1.165, 1.54) is 22.3 Å². The molecule has 1 saturated heterocycles. The first kappa shape index (κ1) is 25.0. The highest BCUT2D eigenvalue weighted by atomic mass is 35.5. The summed E-state index contributed by atoms with van der Waals surface area (Å²) in [5.74, 6) is 0.555. The van der Waals surface area contributed by atoms with Gasteiger partial charge in [0.25, 0.3) is 0 Å². The SMILES string of the molecule is CS(=O)(=O)N1CCc2c(c(-c3ccc(Cl)c(SCCO)c3)nn2CCCN2CCOCC2)C1. The summed E-state index contributed by atoms with van der Waals surface area (Å²) in [6.07, 6.45) is 2.88. The fourth-order valence-corrected chi connectivity index (χ4v) is 6.15. The zero-order valence-corrected chi connectivity index (χ0v) is 21.3. The van der Waals surface area contributed by atoms with E-state index < -0.39 is 10.0 Å². The molecule has 8 nitrogen and oxygen atoms in total. The van der Waals surface area contributed by atoms with E-state index in [2.05, 4.69) is 9.58 Å². The van der Waals surface area contributed by atoms with Crippen LogP contribution in [0.4, 0.5) is 0 Å². The van der Waals surface area contributed by atoms with Gasteiger partial charge >= 0.3 is 0 Å². The van der Waals surface area contributed by atoms with Crippen LogP contribution < -0.4 is 0 Å². The number of benzene rings is 1. The molecule has 0 aliphatic carbocycles. The first-order chi connectivity index (χ1) is 15.9. The second-order valence-electron chi connectivity index (χ2n) is 8.37. The van der Waals surface area contributed by atoms with Crippen molar-refractivity contribution >= 4 is 33.4 Å². The standard InChI is InChI=1S/C22H31ClN4O4S2/c1-33(29,30)26-8-5-20-18(16-26)22(17-3-4-19(23)21(15-17)32-14-11-28)24-27(20)7-2-6-25-9-12-31-13-10-25/h3-4,15,28H,2,5-14,16H2,1H3. The Morgan fingerprint density at radius 1 is 1.21 bits per heavy atom. The van der Waals surface area contributed by atoms with Crippen LogP contribution in [0.25, 0.3) is 11.3 Å². The van der Waals surface area contributed by atoms with Gasteiger partial charge < -0.3 is 9.84 Å². The number of hydrogen-bond acceptors (Lipinski definition) is 7. The fourth-order valence-electron chi connectivity index (χ4n) is 4.35. The lowest BCUT2D eigenvalue weighted by molar-refractivity contribution is 0.0368. The van der Waals surface area contributed by atoms with Crippen molar-refractivity contribution in [2.45, 2.75) is 30.8 Å². The summed E-state index contributed by atoms with van der Waals surface area (Å²) in [5, 5.41) is 14.8. The number of fused-ring (bicyclic) bond motifs is 1. The summed E-state index contributed by atoms with van der Waals surface area (Å²) < 4.78 is 33.5. The van der Waals surface area contributed by atoms with Gasteiger partial charge in [-0.25, -0.2) is 8.42 Å². The minimum atomic E-state index is -3.29. The third kappa shape index (κ3) is 6.11. The maximum atomic E-state index is 12.3. The van der Waals surface area contributed by atoms with Crippen LogP contribution in [0.2, 0.25) is 5.02 Å². The minimum Gasteiger partial charge on any atom is -0.396 e. The number of thioether (sulfide) groups is 1. The number of rotatable bonds is 9. The van der Waals surface area contributed by atoms with Crippen molar-refractivity contribution < 1.29 is 18.3 Å². The summed E-state index contributed by atoms with van der Waals surface area (Å²) in [7, 11) is -3.29. The Hall–Kier alpha value is -1.14. The average Bonchev–Trinajstić information content (AvgIpc) is 3.17. The largest absolute Gasteiger partial charge is 0.396 e. The number of ether oxygens (including phenoxy) is 1. The summed E-state index contributed by atoms with van der Waals surface area (Å²) in [6.45, 7) is 6.15. The second kappa shape index (κ2) is 11.1. The second-order valence-corrected chi connectivity index (χ2v) is 11.9. The molecule has 3 heterocycles. The molecule has 0 saturated carbocycles. The van der Waals surface area contributed by atoms with E-state index in [4.69, 9.17) is 21.4 Å². The van der Waals surface area contributed by atoms with Gasteiger partial charge in [0.05, 0.1) is 36.8 Å². The molecule has 182 valence electrons. The molecule has 11 heteroatoms. The van der Waals surface area contributed by atoms with E-state index in [9.17, 15) is 13.5 Å². The number of aromatic nitrogens is 2. The van der Waals surface area contributed by atoms with Crippen LogP contribution in [0.1, 0.15) is 17.7 Å². The lowest BCUT2D eigenvalue weighted by Crippen LogP contribution is -2.37. The molecule has 2 aliphatic rings.